The summed E-state index contributed by atoms with van der Waals surface area (Å²) < 4.78 is 39.4. The molecule has 0 radical (unpaired) electrons. The highest BCUT2D eigenvalue weighted by molar-refractivity contribution is 8.00. The van der Waals surface area contributed by atoms with Crippen molar-refractivity contribution in [1.82, 2.24) is 0 Å². The second kappa shape index (κ2) is 19.5. The van der Waals surface area contributed by atoms with Gasteiger partial charge in [-0.3, -0.25) is 4.31 Å². The van der Waals surface area contributed by atoms with Crippen molar-refractivity contribution in [3.63, 3.8) is 0 Å². The van der Waals surface area contributed by atoms with Crippen LogP contribution in [0.4, 0.5) is 11.4 Å². The van der Waals surface area contributed by atoms with Crippen LogP contribution >= 0.6 is 11.9 Å². The first-order chi connectivity index (χ1) is 43.5. The summed E-state index contributed by atoms with van der Waals surface area (Å²) in [6.07, 6.45) is 2.18. The van der Waals surface area contributed by atoms with E-state index in [0.29, 0.717) is 0 Å². The van der Waals surface area contributed by atoms with Gasteiger partial charge in [0.2, 0.25) is 0 Å². The Kier molecular flexibility index (Phi) is 11.4. The molecule has 0 bridgehead atoms. The van der Waals surface area contributed by atoms with E-state index in [0.717, 1.165) is 152 Å². The highest BCUT2D eigenvalue weighted by Crippen LogP contribution is 2.49. The number of para-hydroxylation sites is 2. The quantitative estimate of drug-likeness (QED) is 0.121. The first kappa shape index (κ1) is 52.1. The lowest BCUT2D eigenvalue weighted by atomic mass is 9.30. The van der Waals surface area contributed by atoms with Gasteiger partial charge in [-0.15, -0.1) is 0 Å². The number of hydrogen-bond donors (Lipinski definition) is 0. The first-order valence-corrected chi connectivity index (χ1v) is 31.9. The summed E-state index contributed by atoms with van der Waals surface area (Å²) in [5.74, 6) is 8.07. The number of hydrogen-bond acceptors (Lipinski definition) is 7. The van der Waals surface area contributed by atoms with Gasteiger partial charge in [0.25, 0.3) is 20.1 Å². The van der Waals surface area contributed by atoms with E-state index in [9.17, 15) is 0 Å². The second-order valence-corrected chi connectivity index (χ2v) is 25.6. The van der Waals surface area contributed by atoms with E-state index in [-0.39, 0.29) is 20.1 Å². The van der Waals surface area contributed by atoms with Crippen molar-refractivity contribution in [2.45, 2.75) is 41.5 Å². The number of ether oxygens (including phenoxy) is 5. The van der Waals surface area contributed by atoms with Gasteiger partial charge in [0.15, 0.2) is 0 Å². The maximum atomic E-state index is 7.52. The summed E-state index contributed by atoms with van der Waals surface area (Å²) in [5.41, 5.74) is 30.2. The standard InChI is InChI=1S/C79H56B3NO5S/c1-43-19-14-20-44(2)72(43)51-33-63-75-67(34-51)85-66-42-65-60(81-57-32-18-30-55(50-27-12-9-13-28-50)79(57)88-71-38-53(36-69(86-65)77(71)81)74-47(5)23-16-24-48(74)6)40-61(66)82(75)58-39-59-64(41-62(58)83(63)89-7)84-68-35-52(73-45(3)21-15-22-46(73)4)37-70-76(68)80(59)56-31-17-29-54(78(56)87-70)49-25-10-8-11-26-49/h8-42H,1-7H3. The maximum absolute atomic E-state index is 7.52. The molecule has 6 aliphatic heterocycles. The average Bonchev–Trinajstić information content (AvgIpc) is 0.824. The Bertz CT molecular complexity index is 5040. The van der Waals surface area contributed by atoms with Crippen LogP contribution in [-0.2, 0) is 0 Å². The lowest BCUT2D eigenvalue weighted by Crippen LogP contribution is -2.64. The Hall–Kier alpha value is -10.0. The first-order valence-electron chi connectivity index (χ1n) is 30.7. The normalized spacial score (nSPS) is 13.5. The Morgan fingerprint density at radius 3 is 1.07 bits per heavy atom. The monoisotopic (exact) mass is 1160 g/mol. The Labute approximate surface area is 524 Å². The van der Waals surface area contributed by atoms with Gasteiger partial charge < -0.3 is 23.7 Å². The van der Waals surface area contributed by atoms with Crippen molar-refractivity contribution >= 4 is 92.6 Å². The number of fused-ring (bicyclic) bond motifs is 12. The zero-order valence-electron chi connectivity index (χ0n) is 50.3. The minimum Gasteiger partial charge on any atom is -0.458 e. The lowest BCUT2D eigenvalue weighted by molar-refractivity contribution is 0.457. The molecule has 0 fully saturated rings. The summed E-state index contributed by atoms with van der Waals surface area (Å²) in [4.78, 5) is 0. The number of aryl methyl sites for hydroxylation is 6. The van der Waals surface area contributed by atoms with Gasteiger partial charge in [0.05, 0.1) is 11.4 Å². The van der Waals surface area contributed by atoms with Gasteiger partial charge in [-0.2, -0.15) is 0 Å². The van der Waals surface area contributed by atoms with Crippen molar-refractivity contribution in [1.29, 1.82) is 0 Å². The molecule has 12 aromatic carbocycles. The second-order valence-electron chi connectivity index (χ2n) is 24.8. The number of nitrogens with zero attached hydrogens (tertiary/aromatic N) is 1. The van der Waals surface area contributed by atoms with Crippen LogP contribution in [0, 0.1) is 41.5 Å². The number of rotatable bonds is 6. The Balaban J connectivity index is 0.888. The maximum Gasteiger partial charge on any atom is 0.260 e. The van der Waals surface area contributed by atoms with Gasteiger partial charge in [-0.05, 0) is 206 Å². The van der Waals surface area contributed by atoms with Gasteiger partial charge >= 0.3 is 0 Å². The average molecular weight is 1160 g/mol. The molecule has 10 heteroatoms. The molecule has 12 aromatic rings. The predicted molar refractivity (Wildman–Crippen MR) is 371 cm³/mol. The fraction of sp³-hybridized carbons (Fsp3) is 0.0886. The van der Waals surface area contributed by atoms with E-state index in [1.165, 1.54) is 55.5 Å². The lowest BCUT2D eigenvalue weighted by Gasteiger charge is -2.41. The summed E-state index contributed by atoms with van der Waals surface area (Å²) in [5, 5.41) is 0. The Morgan fingerprint density at radius 1 is 0.281 bits per heavy atom. The molecule has 0 N–H and O–H groups in total. The molecule has 6 aliphatic rings. The highest BCUT2D eigenvalue weighted by Gasteiger charge is 2.49. The van der Waals surface area contributed by atoms with Crippen LogP contribution in [-0.4, -0.2) is 26.4 Å². The third-order valence-corrected chi connectivity index (χ3v) is 20.4. The fourth-order valence-corrected chi connectivity index (χ4v) is 16.6. The zero-order chi connectivity index (χ0) is 59.7. The van der Waals surface area contributed by atoms with Crippen LogP contribution in [0.3, 0.4) is 0 Å². The molecule has 0 atom stereocenters. The summed E-state index contributed by atoms with van der Waals surface area (Å²) in [6, 6.07) is 77.1. The molecule has 6 nitrogen and oxygen atoms in total. The van der Waals surface area contributed by atoms with E-state index in [2.05, 4.69) is 264 Å². The molecule has 422 valence electrons. The smallest absolute Gasteiger partial charge is 0.260 e. The minimum absolute atomic E-state index is 0.222. The van der Waals surface area contributed by atoms with E-state index >= 15 is 0 Å². The summed E-state index contributed by atoms with van der Waals surface area (Å²) in [7, 11) is 0. The van der Waals surface area contributed by atoms with Gasteiger partial charge in [-0.1, -0.05) is 164 Å². The topological polar surface area (TPSA) is 49.4 Å². The van der Waals surface area contributed by atoms with Crippen LogP contribution in [0.25, 0.3) is 55.6 Å². The molecule has 0 aliphatic carbocycles. The van der Waals surface area contributed by atoms with Gasteiger partial charge in [0, 0.05) is 40.4 Å². The van der Waals surface area contributed by atoms with E-state index in [1.54, 1.807) is 11.9 Å². The molecule has 0 spiro atoms. The van der Waals surface area contributed by atoms with E-state index in [4.69, 9.17) is 23.7 Å². The molecule has 6 heterocycles. The van der Waals surface area contributed by atoms with Crippen molar-refractivity contribution < 1.29 is 23.7 Å². The Morgan fingerprint density at radius 2 is 0.640 bits per heavy atom. The van der Waals surface area contributed by atoms with E-state index in [1.807, 2.05) is 0 Å². The third-order valence-electron chi connectivity index (χ3n) is 19.6. The van der Waals surface area contributed by atoms with Crippen molar-refractivity contribution in [3.05, 3.63) is 246 Å². The largest absolute Gasteiger partial charge is 0.458 e. The van der Waals surface area contributed by atoms with Crippen LogP contribution in [0.15, 0.2) is 212 Å². The zero-order valence-corrected chi connectivity index (χ0v) is 51.2. The van der Waals surface area contributed by atoms with Crippen molar-refractivity contribution in [2.24, 2.45) is 0 Å². The molecular weight excluding hydrogens is 1110 g/mol. The molecule has 89 heavy (non-hydrogen) atoms. The predicted octanol–water partition coefficient (Wildman–Crippen LogP) is 14.7. The molecule has 0 saturated carbocycles. The van der Waals surface area contributed by atoms with Crippen molar-refractivity contribution in [2.75, 3.05) is 10.6 Å². The minimum atomic E-state index is -0.269. The van der Waals surface area contributed by atoms with Crippen LogP contribution < -0.4 is 77.2 Å². The number of anilines is 2. The fourth-order valence-electron chi connectivity index (χ4n) is 15.9. The van der Waals surface area contributed by atoms with Crippen LogP contribution in [0.1, 0.15) is 33.4 Å². The summed E-state index contributed by atoms with van der Waals surface area (Å²) >= 11 is 1.71. The molecule has 18 rings (SSSR count). The van der Waals surface area contributed by atoms with E-state index < -0.39 is 0 Å². The number of benzene rings is 12. The third kappa shape index (κ3) is 7.69. The molecule has 0 amide bonds. The summed E-state index contributed by atoms with van der Waals surface area (Å²) in [6.45, 7) is 12.4. The molecule has 0 saturated heterocycles. The van der Waals surface area contributed by atoms with Crippen LogP contribution in [0.2, 0.25) is 0 Å². The van der Waals surface area contributed by atoms with Gasteiger partial charge in [-0.25, -0.2) is 0 Å². The SMILES string of the molecule is CSN1c2cc3c(cc2B2c4cc5c(cc4Oc4cc(-c6c(C)cccc6C)cc1c42)Oc1cc(-c2c(C)cccc2C)cc2c1B5c1cccc(-c4ccccc4)c1O2)B1c2cccc(-c4ccccc4)c2Oc2cc(-c4c(C)cccc4C)cc(c21)O3. The van der Waals surface area contributed by atoms with Crippen molar-refractivity contribution in [3.8, 4) is 113 Å². The van der Waals surface area contributed by atoms with Gasteiger partial charge in [0.1, 0.15) is 57.5 Å². The van der Waals surface area contributed by atoms with Crippen LogP contribution in [0.5, 0.6) is 57.5 Å². The highest BCUT2D eigenvalue weighted by atomic mass is 32.2. The molecule has 0 unspecified atom stereocenters. The molecule has 0 aromatic heterocycles. The molecular formula is C79H56B3NO5S.